The molecule has 1 atom stereocenters. The highest BCUT2D eigenvalue weighted by Gasteiger charge is 2.19. The molecule has 1 aliphatic carbocycles. The van der Waals surface area contributed by atoms with Crippen molar-refractivity contribution in [2.75, 3.05) is 13.7 Å². The summed E-state index contributed by atoms with van der Waals surface area (Å²) in [6.45, 7) is 5.08. The van der Waals surface area contributed by atoms with Crippen LogP contribution < -0.4 is 10.2 Å². The van der Waals surface area contributed by atoms with Crippen molar-refractivity contribution < 1.29 is 9.57 Å². The van der Waals surface area contributed by atoms with Crippen LogP contribution in [0.25, 0.3) is 0 Å². The Balaban J connectivity index is 1.92. The maximum absolute atomic E-state index is 5.52. The molecular weight excluding hydrogens is 226 g/mol. The van der Waals surface area contributed by atoms with Crippen molar-refractivity contribution in [3.05, 3.63) is 29.3 Å². The molecule has 100 valence electrons. The number of nitrogens with one attached hydrogen (secondary N) is 1. The van der Waals surface area contributed by atoms with Gasteiger partial charge in [0.25, 0.3) is 0 Å². The number of benzene rings is 1. The van der Waals surface area contributed by atoms with Gasteiger partial charge in [-0.3, -0.25) is 0 Å². The van der Waals surface area contributed by atoms with Crippen LogP contribution in [0.2, 0.25) is 0 Å². The van der Waals surface area contributed by atoms with E-state index in [-0.39, 0.29) is 0 Å². The molecule has 0 fully saturated rings. The molecule has 0 radical (unpaired) electrons. The van der Waals surface area contributed by atoms with Gasteiger partial charge in [-0.1, -0.05) is 19.9 Å². The second-order valence-electron chi connectivity index (χ2n) is 5.40. The summed E-state index contributed by atoms with van der Waals surface area (Å²) in [4.78, 5) is 5.52. The lowest BCUT2D eigenvalue weighted by Gasteiger charge is -2.25. The van der Waals surface area contributed by atoms with Crippen molar-refractivity contribution in [1.29, 1.82) is 0 Å². The van der Waals surface area contributed by atoms with E-state index in [0.717, 1.165) is 31.6 Å². The Morgan fingerprint density at radius 1 is 1.33 bits per heavy atom. The standard InChI is InChI=1S/C15H23NO2/c1-11(2)10-18-16-14-6-4-12-5-7-15(17-3)9-13(12)8-14/h5,7,9,11,14,16H,4,6,8,10H2,1-3H3. The van der Waals surface area contributed by atoms with E-state index in [1.165, 1.54) is 11.1 Å². The molecule has 1 unspecified atom stereocenters. The molecule has 0 amide bonds. The summed E-state index contributed by atoms with van der Waals surface area (Å²) in [5.74, 6) is 1.51. The number of hydrogen-bond donors (Lipinski definition) is 1. The van der Waals surface area contributed by atoms with E-state index in [9.17, 15) is 0 Å². The molecule has 0 saturated carbocycles. The SMILES string of the molecule is COc1ccc2c(c1)CC(NOCC(C)C)CC2. The van der Waals surface area contributed by atoms with Gasteiger partial charge in [-0.05, 0) is 48.4 Å². The van der Waals surface area contributed by atoms with Crippen molar-refractivity contribution >= 4 is 0 Å². The normalized spacial score (nSPS) is 18.8. The largest absolute Gasteiger partial charge is 0.497 e. The molecule has 1 aromatic carbocycles. The second-order valence-corrected chi connectivity index (χ2v) is 5.40. The topological polar surface area (TPSA) is 30.5 Å². The quantitative estimate of drug-likeness (QED) is 0.814. The molecule has 1 aliphatic rings. The Morgan fingerprint density at radius 3 is 2.89 bits per heavy atom. The molecule has 3 heteroatoms. The lowest BCUT2D eigenvalue weighted by atomic mass is 9.88. The number of hydroxylamine groups is 1. The highest BCUT2D eigenvalue weighted by Crippen LogP contribution is 2.25. The minimum absolute atomic E-state index is 0.420. The summed E-state index contributed by atoms with van der Waals surface area (Å²) >= 11 is 0. The summed E-state index contributed by atoms with van der Waals surface area (Å²) < 4.78 is 5.28. The first-order valence-electron chi connectivity index (χ1n) is 6.72. The minimum atomic E-state index is 0.420. The fourth-order valence-corrected chi connectivity index (χ4v) is 2.29. The first-order chi connectivity index (χ1) is 8.69. The van der Waals surface area contributed by atoms with E-state index >= 15 is 0 Å². The number of aryl methyl sites for hydroxylation is 1. The first kappa shape index (κ1) is 13.4. The highest BCUT2D eigenvalue weighted by molar-refractivity contribution is 5.37. The van der Waals surface area contributed by atoms with Gasteiger partial charge in [0.2, 0.25) is 0 Å². The summed E-state index contributed by atoms with van der Waals surface area (Å²) in [5.41, 5.74) is 6.01. The second kappa shape index (κ2) is 6.21. The molecule has 0 heterocycles. The minimum Gasteiger partial charge on any atom is -0.497 e. The molecule has 0 spiro atoms. The van der Waals surface area contributed by atoms with E-state index in [1.54, 1.807) is 7.11 Å². The molecule has 0 bridgehead atoms. The van der Waals surface area contributed by atoms with Gasteiger partial charge in [0, 0.05) is 6.04 Å². The smallest absolute Gasteiger partial charge is 0.119 e. The molecule has 1 N–H and O–H groups in total. The van der Waals surface area contributed by atoms with Gasteiger partial charge in [0.1, 0.15) is 5.75 Å². The van der Waals surface area contributed by atoms with E-state index < -0.39 is 0 Å². The lowest BCUT2D eigenvalue weighted by Crippen LogP contribution is -2.35. The summed E-state index contributed by atoms with van der Waals surface area (Å²) in [6.07, 6.45) is 3.27. The maximum atomic E-state index is 5.52. The molecule has 0 aromatic heterocycles. The van der Waals surface area contributed by atoms with E-state index in [2.05, 4.69) is 31.5 Å². The van der Waals surface area contributed by atoms with Crippen molar-refractivity contribution in [1.82, 2.24) is 5.48 Å². The van der Waals surface area contributed by atoms with Gasteiger partial charge >= 0.3 is 0 Å². The summed E-state index contributed by atoms with van der Waals surface area (Å²) in [5, 5.41) is 0. The van der Waals surface area contributed by atoms with Gasteiger partial charge in [-0.15, -0.1) is 0 Å². The van der Waals surface area contributed by atoms with E-state index in [4.69, 9.17) is 9.57 Å². The molecule has 3 nitrogen and oxygen atoms in total. The number of methoxy groups -OCH3 is 1. The van der Waals surface area contributed by atoms with Crippen LogP contribution in [0.3, 0.4) is 0 Å². The highest BCUT2D eigenvalue weighted by atomic mass is 16.6. The average Bonchev–Trinajstić information content (AvgIpc) is 2.37. The van der Waals surface area contributed by atoms with Crippen LogP contribution in [0, 0.1) is 5.92 Å². The third-order valence-corrected chi connectivity index (χ3v) is 3.31. The predicted molar refractivity (Wildman–Crippen MR) is 72.7 cm³/mol. The van der Waals surface area contributed by atoms with Gasteiger partial charge in [0.05, 0.1) is 13.7 Å². The third kappa shape index (κ3) is 3.47. The molecule has 1 aromatic rings. The van der Waals surface area contributed by atoms with Gasteiger partial charge < -0.3 is 9.57 Å². The summed E-state index contributed by atoms with van der Waals surface area (Å²) in [7, 11) is 1.71. The first-order valence-corrected chi connectivity index (χ1v) is 6.72. The predicted octanol–water partition coefficient (Wildman–Crippen LogP) is 2.73. The van der Waals surface area contributed by atoms with Crippen LogP contribution in [0.5, 0.6) is 5.75 Å². The molecular formula is C15H23NO2. The Morgan fingerprint density at radius 2 is 2.17 bits per heavy atom. The molecule has 0 saturated heterocycles. The monoisotopic (exact) mass is 249 g/mol. The Kier molecular flexibility index (Phi) is 4.61. The van der Waals surface area contributed by atoms with Crippen LogP contribution in [-0.2, 0) is 17.7 Å². The van der Waals surface area contributed by atoms with Crippen molar-refractivity contribution in [3.8, 4) is 5.75 Å². The van der Waals surface area contributed by atoms with Gasteiger partial charge in [0.15, 0.2) is 0 Å². The average molecular weight is 249 g/mol. The zero-order chi connectivity index (χ0) is 13.0. The Bertz CT molecular complexity index is 390. The molecule has 0 aliphatic heterocycles. The lowest BCUT2D eigenvalue weighted by molar-refractivity contribution is -0.00191. The third-order valence-electron chi connectivity index (χ3n) is 3.31. The Labute approximate surface area is 109 Å². The number of rotatable bonds is 5. The van der Waals surface area contributed by atoms with Crippen molar-refractivity contribution in [2.45, 2.75) is 39.2 Å². The van der Waals surface area contributed by atoms with Crippen LogP contribution >= 0.6 is 0 Å². The van der Waals surface area contributed by atoms with Crippen molar-refractivity contribution in [3.63, 3.8) is 0 Å². The molecule has 2 rings (SSSR count). The zero-order valence-corrected chi connectivity index (χ0v) is 11.5. The van der Waals surface area contributed by atoms with E-state index in [0.29, 0.717) is 12.0 Å². The number of hydrogen-bond acceptors (Lipinski definition) is 3. The maximum Gasteiger partial charge on any atom is 0.119 e. The van der Waals surface area contributed by atoms with Gasteiger partial charge in [-0.2, -0.15) is 5.48 Å². The number of ether oxygens (including phenoxy) is 1. The Hall–Kier alpha value is -1.06. The summed E-state index contributed by atoms with van der Waals surface area (Å²) in [6, 6.07) is 6.79. The van der Waals surface area contributed by atoms with Crippen LogP contribution in [0.4, 0.5) is 0 Å². The molecule has 18 heavy (non-hydrogen) atoms. The fraction of sp³-hybridized carbons (Fsp3) is 0.600. The van der Waals surface area contributed by atoms with Crippen LogP contribution in [0.1, 0.15) is 31.4 Å². The number of fused-ring (bicyclic) bond motifs is 1. The van der Waals surface area contributed by atoms with Crippen LogP contribution in [0.15, 0.2) is 18.2 Å². The van der Waals surface area contributed by atoms with E-state index in [1.807, 2.05) is 6.07 Å². The zero-order valence-electron chi connectivity index (χ0n) is 11.5. The van der Waals surface area contributed by atoms with Gasteiger partial charge in [-0.25, -0.2) is 0 Å². The fourth-order valence-electron chi connectivity index (χ4n) is 2.29. The van der Waals surface area contributed by atoms with Crippen LogP contribution in [-0.4, -0.2) is 19.8 Å². The van der Waals surface area contributed by atoms with Crippen molar-refractivity contribution in [2.24, 2.45) is 5.92 Å².